The van der Waals surface area contributed by atoms with E-state index in [1.165, 1.54) is 0 Å². The summed E-state index contributed by atoms with van der Waals surface area (Å²) in [7, 11) is 0. The first kappa shape index (κ1) is 16.9. The zero-order chi connectivity index (χ0) is 2.71. The van der Waals surface area contributed by atoms with Gasteiger partial charge in [0.1, 0.15) is 0 Å². The first-order valence-corrected chi connectivity index (χ1v) is 0.365. The standard InChI is InChI=1S/Fe.Ni.H2O3/c;;1-3-2/h;;1-2H. The van der Waals surface area contributed by atoms with Gasteiger partial charge in [-0.15, -0.1) is 0 Å². The number of hydrogen-bond donors (Lipinski definition) is 2. The molecule has 0 atom stereocenters. The Hall–Kier alpha value is 0.893. The van der Waals surface area contributed by atoms with Crippen molar-refractivity contribution in [1.82, 2.24) is 0 Å². The summed E-state index contributed by atoms with van der Waals surface area (Å²) in [4.78, 5) is 0. The van der Waals surface area contributed by atoms with Gasteiger partial charge in [-0.05, 0) is 0 Å². The van der Waals surface area contributed by atoms with Crippen molar-refractivity contribution >= 4 is 0 Å². The minimum atomic E-state index is 0. The van der Waals surface area contributed by atoms with Gasteiger partial charge in [0, 0.05) is 33.6 Å². The molecule has 0 aromatic carbocycles. The molecule has 0 spiro atoms. The number of hydrogen-bond acceptors (Lipinski definition) is 3. The van der Waals surface area contributed by atoms with Crippen LogP contribution in [-0.4, -0.2) is 10.5 Å². The molecule has 0 aromatic rings. The molecular formula is H2FeNiO3. The molecular weight excluding hydrogens is 163 g/mol. The molecule has 0 unspecified atom stereocenters. The maximum absolute atomic E-state index is 6.62. The van der Waals surface area contributed by atoms with E-state index < -0.39 is 0 Å². The van der Waals surface area contributed by atoms with Crippen molar-refractivity contribution in [1.29, 1.82) is 0 Å². The van der Waals surface area contributed by atoms with E-state index in [-0.39, 0.29) is 33.6 Å². The molecule has 0 aromatic heterocycles. The Balaban J connectivity index is -0.0000000200. The normalized spacial score (nSPS) is 3.60. The topological polar surface area (TPSA) is 49.7 Å². The van der Waals surface area contributed by atoms with E-state index in [2.05, 4.69) is 5.04 Å². The van der Waals surface area contributed by atoms with Gasteiger partial charge in [-0.2, -0.15) is 0 Å². The van der Waals surface area contributed by atoms with E-state index in [0.29, 0.717) is 0 Å². The van der Waals surface area contributed by atoms with Crippen molar-refractivity contribution in [3.05, 3.63) is 0 Å². The second-order valence-electron chi connectivity index (χ2n) is 0.0816. The van der Waals surface area contributed by atoms with E-state index in [9.17, 15) is 0 Å². The van der Waals surface area contributed by atoms with E-state index in [1.807, 2.05) is 0 Å². The van der Waals surface area contributed by atoms with E-state index in [0.717, 1.165) is 0 Å². The predicted octanol–water partition coefficient (Wildman–Crippen LogP) is -0.0560. The number of rotatable bonds is 0. The van der Waals surface area contributed by atoms with Crippen LogP contribution in [0.2, 0.25) is 0 Å². The summed E-state index contributed by atoms with van der Waals surface area (Å²) >= 11 is 0. The fraction of sp³-hybridized carbons (Fsp3) is 0. The second-order valence-corrected chi connectivity index (χ2v) is 0.0816. The van der Waals surface area contributed by atoms with Gasteiger partial charge in [-0.3, -0.25) is 0 Å². The van der Waals surface area contributed by atoms with Crippen LogP contribution in [-0.2, 0) is 38.6 Å². The molecule has 0 heterocycles. The van der Waals surface area contributed by atoms with E-state index in [4.69, 9.17) is 10.5 Å². The SMILES string of the molecule is OOO.[Fe].[Ni]. The molecule has 2 N–H and O–H groups in total. The summed E-state index contributed by atoms with van der Waals surface area (Å²) in [5.41, 5.74) is 0. The molecule has 5 heavy (non-hydrogen) atoms. The quantitative estimate of drug-likeness (QED) is 0.300. The Kier molecular flexibility index (Phi) is 69.8. The zero-order valence-corrected chi connectivity index (χ0v) is 4.06. The van der Waals surface area contributed by atoms with Crippen molar-refractivity contribution in [2.75, 3.05) is 0 Å². The monoisotopic (exact) mass is 164 g/mol. The maximum atomic E-state index is 6.62. The van der Waals surface area contributed by atoms with Crippen LogP contribution < -0.4 is 0 Å². The van der Waals surface area contributed by atoms with Crippen LogP contribution in [0.25, 0.3) is 0 Å². The molecule has 5 heteroatoms. The van der Waals surface area contributed by atoms with Crippen LogP contribution in [0, 0.1) is 0 Å². The van der Waals surface area contributed by atoms with E-state index in [1.54, 1.807) is 0 Å². The smallest absolute Gasteiger partial charge is 0 e. The van der Waals surface area contributed by atoms with Crippen molar-refractivity contribution in [3.63, 3.8) is 0 Å². The van der Waals surface area contributed by atoms with Gasteiger partial charge in [0.2, 0.25) is 0 Å². The van der Waals surface area contributed by atoms with Crippen LogP contribution >= 0.6 is 0 Å². The molecule has 0 aliphatic heterocycles. The van der Waals surface area contributed by atoms with Crippen LogP contribution in [0.1, 0.15) is 0 Å². The third-order valence-electron chi connectivity index (χ3n) is 0. The van der Waals surface area contributed by atoms with Crippen LogP contribution in [0.5, 0.6) is 0 Å². The largest absolute Gasteiger partial charge is 0.221 e. The molecule has 0 bridgehead atoms. The minimum absolute atomic E-state index is 0. The first-order chi connectivity index (χ1) is 1.41. The molecule has 0 aliphatic rings. The Morgan fingerprint density at radius 2 is 1.20 bits per heavy atom. The molecule has 0 amide bonds. The molecule has 0 fully saturated rings. The van der Waals surface area contributed by atoms with Gasteiger partial charge in [-0.25, -0.2) is 10.5 Å². The average molecular weight is 165 g/mol. The van der Waals surface area contributed by atoms with Gasteiger partial charge in [0.15, 0.2) is 0 Å². The van der Waals surface area contributed by atoms with E-state index >= 15 is 0 Å². The molecule has 0 saturated carbocycles. The summed E-state index contributed by atoms with van der Waals surface area (Å²) in [6, 6.07) is 0. The minimum Gasteiger partial charge on any atom is -0.221 e. The molecule has 38 valence electrons. The van der Waals surface area contributed by atoms with Crippen molar-refractivity contribution in [3.8, 4) is 0 Å². The van der Waals surface area contributed by atoms with Gasteiger partial charge >= 0.3 is 0 Å². The first-order valence-electron chi connectivity index (χ1n) is 0.365. The van der Waals surface area contributed by atoms with Crippen molar-refractivity contribution < 1.29 is 49.1 Å². The Morgan fingerprint density at radius 1 is 1.20 bits per heavy atom. The summed E-state index contributed by atoms with van der Waals surface area (Å²) in [5.74, 6) is 0. The third kappa shape index (κ3) is 51.4. The molecule has 0 rings (SSSR count). The van der Waals surface area contributed by atoms with Gasteiger partial charge in [0.05, 0.1) is 0 Å². The van der Waals surface area contributed by atoms with Crippen LogP contribution in [0.3, 0.4) is 0 Å². The average Bonchev–Trinajstić information content (AvgIpc) is 0.918. The predicted molar refractivity (Wildman–Crippen MR) is 6.34 cm³/mol. The van der Waals surface area contributed by atoms with Gasteiger partial charge < -0.3 is 0 Å². The maximum Gasteiger partial charge on any atom is 0 e. The second kappa shape index (κ2) is 20.7. The van der Waals surface area contributed by atoms with Crippen LogP contribution in [0.4, 0.5) is 0 Å². The Bertz CT molecular complexity index is 6.85. The van der Waals surface area contributed by atoms with Crippen LogP contribution in [0.15, 0.2) is 0 Å². The summed E-state index contributed by atoms with van der Waals surface area (Å²) in [6.45, 7) is 0. The summed E-state index contributed by atoms with van der Waals surface area (Å²) in [6.07, 6.45) is 0. The fourth-order valence-electron chi connectivity index (χ4n) is 0. The molecule has 0 saturated heterocycles. The van der Waals surface area contributed by atoms with Crippen molar-refractivity contribution in [2.24, 2.45) is 0 Å². The third-order valence-corrected chi connectivity index (χ3v) is 0. The summed E-state index contributed by atoms with van der Waals surface area (Å²) < 4.78 is 0. The van der Waals surface area contributed by atoms with Gasteiger partial charge in [-0.1, -0.05) is 5.04 Å². The Morgan fingerprint density at radius 3 is 1.20 bits per heavy atom. The molecule has 0 radical (unpaired) electrons. The Labute approximate surface area is 49.6 Å². The summed E-state index contributed by atoms with van der Waals surface area (Å²) in [5, 5.41) is 15.5. The molecule has 0 aliphatic carbocycles. The van der Waals surface area contributed by atoms with Gasteiger partial charge in [0.25, 0.3) is 0 Å². The molecule has 3 nitrogen and oxygen atoms in total. The zero-order valence-electron chi connectivity index (χ0n) is 1.97. The fourth-order valence-corrected chi connectivity index (χ4v) is 0. The van der Waals surface area contributed by atoms with Crippen molar-refractivity contribution in [2.45, 2.75) is 0 Å².